The van der Waals surface area contributed by atoms with Gasteiger partial charge in [-0.25, -0.2) is 0 Å². The zero-order chi connectivity index (χ0) is 22.5. The van der Waals surface area contributed by atoms with Crippen molar-refractivity contribution in [2.45, 2.75) is 58.5 Å². The molecule has 3 heterocycles. The van der Waals surface area contributed by atoms with Gasteiger partial charge in [-0.15, -0.1) is 0 Å². The number of carbonyl (C=O) groups excluding carboxylic acids is 2. The van der Waals surface area contributed by atoms with E-state index in [4.69, 9.17) is 4.74 Å². The van der Waals surface area contributed by atoms with Gasteiger partial charge in [-0.05, 0) is 48.8 Å². The summed E-state index contributed by atoms with van der Waals surface area (Å²) in [5.41, 5.74) is 2.38. The summed E-state index contributed by atoms with van der Waals surface area (Å²) in [5.74, 6) is 1.22. The van der Waals surface area contributed by atoms with Crippen molar-refractivity contribution >= 4 is 11.8 Å². The second-order valence-corrected chi connectivity index (χ2v) is 10.1. The first kappa shape index (κ1) is 23.2. The third-order valence-electron chi connectivity index (χ3n) is 7.32. The molecule has 2 fully saturated rings. The number of fused-ring (bicyclic) bond motifs is 1. The van der Waals surface area contributed by atoms with E-state index in [-0.39, 0.29) is 23.8 Å². The molecule has 0 saturated carbocycles. The molecule has 1 aromatic carbocycles. The Kier molecular flexibility index (Phi) is 7.84. The molecule has 0 spiro atoms. The van der Waals surface area contributed by atoms with Gasteiger partial charge in [0, 0.05) is 45.6 Å². The van der Waals surface area contributed by atoms with Crippen LogP contribution in [-0.4, -0.2) is 78.5 Å². The monoisotopic (exact) mass is 441 g/mol. The predicted molar refractivity (Wildman–Crippen MR) is 125 cm³/mol. The number of morpholine rings is 1. The number of nitrogens with zero attached hydrogens (tertiary/aromatic N) is 3. The summed E-state index contributed by atoms with van der Waals surface area (Å²) < 4.78 is 5.44. The average Bonchev–Trinajstić information content (AvgIpc) is 2.82. The molecule has 32 heavy (non-hydrogen) atoms. The van der Waals surface area contributed by atoms with Crippen LogP contribution in [0.4, 0.5) is 0 Å². The first-order valence-corrected chi connectivity index (χ1v) is 12.5. The third kappa shape index (κ3) is 5.70. The van der Waals surface area contributed by atoms with E-state index in [0.29, 0.717) is 25.3 Å². The first-order valence-electron chi connectivity index (χ1n) is 12.5. The Hall–Kier alpha value is -1.92. The highest BCUT2D eigenvalue weighted by Crippen LogP contribution is 2.28. The number of hydrogen-bond donors (Lipinski definition) is 0. The minimum absolute atomic E-state index is 0.105. The maximum absolute atomic E-state index is 13.6. The van der Waals surface area contributed by atoms with E-state index >= 15 is 0 Å². The summed E-state index contributed by atoms with van der Waals surface area (Å²) in [6, 6.07) is 7.89. The Balaban J connectivity index is 1.35. The number of rotatable bonds is 6. The van der Waals surface area contributed by atoms with Gasteiger partial charge in [-0.2, -0.15) is 0 Å². The Morgan fingerprint density at radius 1 is 1.03 bits per heavy atom. The van der Waals surface area contributed by atoms with Crippen LogP contribution in [-0.2, 0) is 27.3 Å². The number of piperidine rings is 1. The van der Waals surface area contributed by atoms with Gasteiger partial charge in [-0.3, -0.25) is 14.5 Å². The highest BCUT2D eigenvalue weighted by molar-refractivity contribution is 5.88. The lowest BCUT2D eigenvalue weighted by molar-refractivity contribution is -0.148. The fourth-order valence-electron chi connectivity index (χ4n) is 5.31. The molecule has 6 heteroatoms. The van der Waals surface area contributed by atoms with Gasteiger partial charge in [0.1, 0.15) is 6.04 Å². The van der Waals surface area contributed by atoms with Crippen molar-refractivity contribution in [2.24, 2.45) is 11.8 Å². The van der Waals surface area contributed by atoms with Gasteiger partial charge in [0.05, 0.1) is 13.2 Å². The fourth-order valence-corrected chi connectivity index (χ4v) is 5.31. The number of likely N-dealkylation sites (tertiary alicyclic amines) is 1. The molecular weight excluding hydrogens is 402 g/mol. The molecule has 1 aromatic rings. The minimum Gasteiger partial charge on any atom is -0.379 e. The molecular formula is C26H39N3O3. The third-order valence-corrected chi connectivity index (χ3v) is 7.32. The number of benzene rings is 1. The molecule has 0 aromatic heterocycles. The number of ether oxygens (including phenoxy) is 1. The van der Waals surface area contributed by atoms with E-state index in [9.17, 15) is 9.59 Å². The molecule has 176 valence electrons. The zero-order valence-electron chi connectivity index (χ0n) is 19.8. The van der Waals surface area contributed by atoms with Gasteiger partial charge in [0.2, 0.25) is 11.8 Å². The lowest BCUT2D eigenvalue weighted by atomic mass is 9.90. The summed E-state index contributed by atoms with van der Waals surface area (Å²) in [6.45, 7) is 11.2. The number of hydrogen-bond acceptors (Lipinski definition) is 4. The van der Waals surface area contributed by atoms with Crippen LogP contribution in [0.2, 0.25) is 0 Å². The maximum Gasteiger partial charge on any atom is 0.245 e. The zero-order valence-corrected chi connectivity index (χ0v) is 19.8. The maximum atomic E-state index is 13.6. The summed E-state index contributed by atoms with van der Waals surface area (Å²) in [6.07, 6.45) is 4.47. The van der Waals surface area contributed by atoms with Crippen LogP contribution in [0.1, 0.15) is 50.7 Å². The molecule has 0 N–H and O–H groups in total. The highest BCUT2D eigenvalue weighted by Gasteiger charge is 2.37. The predicted octanol–water partition coefficient (Wildman–Crippen LogP) is 2.95. The van der Waals surface area contributed by atoms with E-state index in [1.165, 1.54) is 17.5 Å². The molecule has 4 rings (SSSR count). The van der Waals surface area contributed by atoms with Crippen LogP contribution in [0.3, 0.4) is 0 Å². The molecule has 3 aliphatic heterocycles. The van der Waals surface area contributed by atoms with Gasteiger partial charge < -0.3 is 14.5 Å². The quantitative estimate of drug-likeness (QED) is 0.681. The van der Waals surface area contributed by atoms with Gasteiger partial charge in [0.25, 0.3) is 0 Å². The largest absolute Gasteiger partial charge is 0.379 e. The molecule has 3 aliphatic rings. The molecule has 0 bridgehead atoms. The second-order valence-electron chi connectivity index (χ2n) is 10.1. The van der Waals surface area contributed by atoms with Crippen molar-refractivity contribution in [1.82, 2.24) is 14.7 Å². The van der Waals surface area contributed by atoms with Crippen LogP contribution in [0, 0.1) is 11.8 Å². The molecule has 6 nitrogen and oxygen atoms in total. The highest BCUT2D eigenvalue weighted by atomic mass is 16.5. The Bertz CT molecular complexity index is 782. The standard InChI is InChI=1S/C26H39N3O3/c1-20(2)17-25(30)29-19-23-6-4-3-5-22(23)18-24(29)26(31)28-11-8-21(9-12-28)7-10-27-13-15-32-16-14-27/h3-6,20-21,24H,7-19H2,1-2H3. The SMILES string of the molecule is CC(C)CC(=O)N1Cc2ccccc2CC1C(=O)N1CCC(CCN2CCOCC2)CC1. The topological polar surface area (TPSA) is 53.1 Å². The van der Waals surface area contributed by atoms with Crippen molar-refractivity contribution in [3.05, 3.63) is 35.4 Å². The molecule has 1 atom stereocenters. The molecule has 0 radical (unpaired) electrons. The van der Waals surface area contributed by atoms with Crippen LogP contribution in [0.15, 0.2) is 24.3 Å². The van der Waals surface area contributed by atoms with E-state index in [2.05, 4.69) is 30.9 Å². The smallest absolute Gasteiger partial charge is 0.245 e. The van der Waals surface area contributed by atoms with Gasteiger partial charge >= 0.3 is 0 Å². The molecule has 0 aliphatic carbocycles. The second kappa shape index (κ2) is 10.8. The molecule has 2 saturated heterocycles. The Labute approximate surface area is 192 Å². The lowest BCUT2D eigenvalue weighted by Crippen LogP contribution is -2.55. The van der Waals surface area contributed by atoms with Gasteiger partial charge in [-0.1, -0.05) is 38.1 Å². The van der Waals surface area contributed by atoms with Crippen molar-refractivity contribution in [2.75, 3.05) is 45.9 Å². The number of amides is 2. The van der Waals surface area contributed by atoms with E-state index in [1.54, 1.807) is 0 Å². The van der Waals surface area contributed by atoms with E-state index in [0.717, 1.165) is 58.8 Å². The average molecular weight is 442 g/mol. The Morgan fingerprint density at radius 2 is 1.72 bits per heavy atom. The van der Waals surface area contributed by atoms with Crippen molar-refractivity contribution in [3.63, 3.8) is 0 Å². The summed E-state index contributed by atoms with van der Waals surface area (Å²) in [4.78, 5) is 33.0. The summed E-state index contributed by atoms with van der Waals surface area (Å²) in [5, 5.41) is 0. The van der Waals surface area contributed by atoms with Crippen molar-refractivity contribution in [3.8, 4) is 0 Å². The van der Waals surface area contributed by atoms with Crippen LogP contribution in [0.5, 0.6) is 0 Å². The lowest BCUT2D eigenvalue weighted by Gasteiger charge is -2.41. The first-order chi connectivity index (χ1) is 15.5. The van der Waals surface area contributed by atoms with Crippen LogP contribution in [0.25, 0.3) is 0 Å². The number of carbonyl (C=O) groups is 2. The van der Waals surface area contributed by atoms with Crippen LogP contribution >= 0.6 is 0 Å². The van der Waals surface area contributed by atoms with E-state index in [1.807, 2.05) is 21.9 Å². The molecule has 1 unspecified atom stereocenters. The Morgan fingerprint density at radius 3 is 2.41 bits per heavy atom. The van der Waals surface area contributed by atoms with Crippen molar-refractivity contribution < 1.29 is 14.3 Å². The summed E-state index contributed by atoms with van der Waals surface area (Å²) in [7, 11) is 0. The van der Waals surface area contributed by atoms with Gasteiger partial charge in [0.15, 0.2) is 0 Å². The minimum atomic E-state index is -0.360. The van der Waals surface area contributed by atoms with Crippen LogP contribution < -0.4 is 0 Å². The molecule has 2 amide bonds. The normalized spacial score (nSPS) is 22.8. The van der Waals surface area contributed by atoms with E-state index < -0.39 is 0 Å². The fraction of sp³-hybridized carbons (Fsp3) is 0.692. The summed E-state index contributed by atoms with van der Waals surface area (Å²) >= 11 is 0. The van der Waals surface area contributed by atoms with Crippen molar-refractivity contribution in [1.29, 1.82) is 0 Å².